The monoisotopic (exact) mass is 179 g/mol. The first kappa shape index (κ1) is 9.58. The van der Waals surface area contributed by atoms with Gasteiger partial charge in [0.15, 0.2) is 11.6 Å². The number of aromatic nitrogens is 1. The van der Waals surface area contributed by atoms with Gasteiger partial charge in [0, 0.05) is 12.6 Å². The first-order chi connectivity index (χ1) is 6.25. The summed E-state index contributed by atoms with van der Waals surface area (Å²) in [5, 5.41) is 0. The summed E-state index contributed by atoms with van der Waals surface area (Å²) in [7, 11) is 0. The number of carbonyl (C=O) groups excluding carboxylic acids is 1. The molecule has 0 N–H and O–H groups in total. The first-order valence-electron chi connectivity index (χ1n) is 4.00. The molecule has 0 bridgehead atoms. The molecule has 0 spiro atoms. The van der Waals surface area contributed by atoms with Crippen molar-refractivity contribution in [3.05, 3.63) is 42.5 Å². The third kappa shape index (κ3) is 2.47. The van der Waals surface area contributed by atoms with Crippen molar-refractivity contribution in [3.8, 4) is 0 Å². The summed E-state index contributed by atoms with van der Waals surface area (Å²) in [5.41, 5.74) is -0.0793. The number of Topliss-reactive ketones (excluding diaryl/α,β-unsaturated/α-hetero) is 1. The molecule has 0 aliphatic heterocycles. The van der Waals surface area contributed by atoms with Crippen molar-refractivity contribution in [2.75, 3.05) is 0 Å². The highest BCUT2D eigenvalue weighted by molar-refractivity contribution is 5.94. The molecule has 0 radical (unpaired) electrons. The highest BCUT2D eigenvalue weighted by atomic mass is 19.1. The molecule has 68 valence electrons. The van der Waals surface area contributed by atoms with Crippen LogP contribution in [0.25, 0.3) is 0 Å². The molecule has 0 aliphatic rings. The molecule has 2 nitrogen and oxygen atoms in total. The van der Waals surface area contributed by atoms with Crippen LogP contribution < -0.4 is 0 Å². The Labute approximate surface area is 76.1 Å². The minimum absolute atomic E-state index is 0.0793. The van der Waals surface area contributed by atoms with E-state index >= 15 is 0 Å². The number of pyridine rings is 1. The molecule has 1 heterocycles. The van der Waals surface area contributed by atoms with Crippen molar-refractivity contribution in [3.63, 3.8) is 0 Å². The standard InChI is InChI=1S/C10H10FNO/c1-2-3-6-9(13)10-8(11)5-4-7-12-10/h2,4-5,7H,1,3,6H2. The SMILES string of the molecule is C=CCCC(=O)c1ncccc1F. The Bertz CT molecular complexity index is 322. The van der Waals surface area contributed by atoms with Crippen LogP contribution in [-0.4, -0.2) is 10.8 Å². The average molecular weight is 179 g/mol. The number of allylic oxidation sites excluding steroid dienone is 1. The molecule has 0 fully saturated rings. The second-order valence-electron chi connectivity index (χ2n) is 2.58. The molecule has 3 heteroatoms. The summed E-state index contributed by atoms with van der Waals surface area (Å²) >= 11 is 0. The van der Waals surface area contributed by atoms with Crippen molar-refractivity contribution in [2.24, 2.45) is 0 Å². The topological polar surface area (TPSA) is 30.0 Å². The maximum atomic E-state index is 13.0. The van der Waals surface area contributed by atoms with Gasteiger partial charge in [-0.3, -0.25) is 9.78 Å². The smallest absolute Gasteiger partial charge is 0.184 e. The third-order valence-electron chi connectivity index (χ3n) is 1.60. The van der Waals surface area contributed by atoms with Gasteiger partial charge in [0.05, 0.1) is 0 Å². The molecular formula is C10H10FNO. The van der Waals surface area contributed by atoms with E-state index in [1.54, 1.807) is 6.08 Å². The van der Waals surface area contributed by atoms with Gasteiger partial charge in [0.1, 0.15) is 5.69 Å². The Morgan fingerprint density at radius 2 is 2.46 bits per heavy atom. The quantitative estimate of drug-likeness (QED) is 0.524. The van der Waals surface area contributed by atoms with Gasteiger partial charge in [-0.25, -0.2) is 4.39 Å². The van der Waals surface area contributed by atoms with E-state index in [2.05, 4.69) is 11.6 Å². The van der Waals surface area contributed by atoms with E-state index in [1.165, 1.54) is 18.3 Å². The van der Waals surface area contributed by atoms with E-state index in [4.69, 9.17) is 0 Å². The van der Waals surface area contributed by atoms with E-state index < -0.39 is 5.82 Å². The predicted octanol–water partition coefficient (Wildman–Crippen LogP) is 2.37. The molecule has 1 aromatic rings. The average Bonchev–Trinajstić information content (AvgIpc) is 2.15. The summed E-state index contributed by atoms with van der Waals surface area (Å²) in [6.07, 6.45) is 3.84. The van der Waals surface area contributed by atoms with E-state index in [9.17, 15) is 9.18 Å². The predicted molar refractivity (Wildman–Crippen MR) is 48.0 cm³/mol. The molecular weight excluding hydrogens is 169 g/mol. The fourth-order valence-electron chi connectivity index (χ4n) is 0.942. The maximum absolute atomic E-state index is 13.0. The zero-order chi connectivity index (χ0) is 9.68. The Hall–Kier alpha value is -1.51. The molecule has 1 aromatic heterocycles. The number of ketones is 1. The summed E-state index contributed by atoms with van der Waals surface area (Å²) in [5.74, 6) is -0.838. The number of rotatable bonds is 4. The number of hydrogen-bond acceptors (Lipinski definition) is 2. The molecule has 0 amide bonds. The number of hydrogen-bond donors (Lipinski definition) is 0. The maximum Gasteiger partial charge on any atom is 0.184 e. The van der Waals surface area contributed by atoms with Crippen LogP contribution in [0.4, 0.5) is 4.39 Å². The second kappa shape index (κ2) is 4.50. The highest BCUT2D eigenvalue weighted by Crippen LogP contribution is 2.07. The molecule has 0 unspecified atom stereocenters. The Balaban J connectivity index is 2.76. The Morgan fingerprint density at radius 1 is 1.69 bits per heavy atom. The van der Waals surface area contributed by atoms with Crippen LogP contribution in [0, 0.1) is 5.82 Å². The number of halogens is 1. The first-order valence-corrected chi connectivity index (χ1v) is 4.00. The van der Waals surface area contributed by atoms with E-state index in [1.807, 2.05) is 0 Å². The van der Waals surface area contributed by atoms with Crippen LogP contribution in [0.5, 0.6) is 0 Å². The van der Waals surface area contributed by atoms with Gasteiger partial charge < -0.3 is 0 Å². The zero-order valence-corrected chi connectivity index (χ0v) is 7.16. The molecule has 0 atom stereocenters. The summed E-state index contributed by atoms with van der Waals surface area (Å²) in [6.45, 7) is 3.48. The van der Waals surface area contributed by atoms with Gasteiger partial charge in [-0.1, -0.05) is 6.08 Å². The molecule has 0 aliphatic carbocycles. The van der Waals surface area contributed by atoms with Gasteiger partial charge in [-0.15, -0.1) is 6.58 Å². The molecule has 13 heavy (non-hydrogen) atoms. The van der Waals surface area contributed by atoms with Crippen LogP contribution in [-0.2, 0) is 0 Å². The van der Waals surface area contributed by atoms with Crippen molar-refractivity contribution in [1.29, 1.82) is 0 Å². The number of nitrogens with zero attached hydrogens (tertiary/aromatic N) is 1. The zero-order valence-electron chi connectivity index (χ0n) is 7.16. The molecule has 1 rings (SSSR count). The van der Waals surface area contributed by atoms with Crippen molar-refractivity contribution < 1.29 is 9.18 Å². The van der Waals surface area contributed by atoms with Gasteiger partial charge in [0.25, 0.3) is 0 Å². The lowest BCUT2D eigenvalue weighted by Gasteiger charge is -1.98. The molecule has 0 saturated carbocycles. The second-order valence-corrected chi connectivity index (χ2v) is 2.58. The van der Waals surface area contributed by atoms with Gasteiger partial charge in [0.2, 0.25) is 0 Å². The van der Waals surface area contributed by atoms with Crippen LogP contribution >= 0.6 is 0 Å². The highest BCUT2D eigenvalue weighted by Gasteiger charge is 2.10. The van der Waals surface area contributed by atoms with Crippen molar-refractivity contribution in [1.82, 2.24) is 4.98 Å². The van der Waals surface area contributed by atoms with Gasteiger partial charge in [-0.05, 0) is 18.6 Å². The normalized spacial score (nSPS) is 9.62. The summed E-state index contributed by atoms with van der Waals surface area (Å²) in [6, 6.07) is 2.69. The van der Waals surface area contributed by atoms with Crippen LogP contribution in [0.15, 0.2) is 31.0 Å². The van der Waals surface area contributed by atoms with Gasteiger partial charge in [-0.2, -0.15) is 0 Å². The summed E-state index contributed by atoms with van der Waals surface area (Å²) < 4.78 is 13.0. The summed E-state index contributed by atoms with van der Waals surface area (Å²) in [4.78, 5) is 14.9. The third-order valence-corrected chi connectivity index (χ3v) is 1.60. The fourth-order valence-corrected chi connectivity index (χ4v) is 0.942. The minimum Gasteiger partial charge on any atom is -0.292 e. The lowest BCUT2D eigenvalue weighted by molar-refractivity contribution is 0.0974. The largest absolute Gasteiger partial charge is 0.292 e. The Morgan fingerprint density at radius 3 is 3.08 bits per heavy atom. The lowest BCUT2D eigenvalue weighted by atomic mass is 10.1. The molecule has 0 saturated heterocycles. The molecule has 0 aromatic carbocycles. The van der Waals surface area contributed by atoms with Crippen LogP contribution in [0.3, 0.4) is 0 Å². The van der Waals surface area contributed by atoms with Crippen molar-refractivity contribution in [2.45, 2.75) is 12.8 Å². The van der Waals surface area contributed by atoms with Crippen LogP contribution in [0.2, 0.25) is 0 Å². The number of carbonyl (C=O) groups is 1. The van der Waals surface area contributed by atoms with Gasteiger partial charge >= 0.3 is 0 Å². The minimum atomic E-state index is -0.559. The van der Waals surface area contributed by atoms with Crippen molar-refractivity contribution >= 4 is 5.78 Å². The van der Waals surface area contributed by atoms with E-state index in [-0.39, 0.29) is 17.9 Å². The fraction of sp³-hybridized carbons (Fsp3) is 0.200. The van der Waals surface area contributed by atoms with Crippen LogP contribution in [0.1, 0.15) is 23.3 Å². The van der Waals surface area contributed by atoms with E-state index in [0.717, 1.165) is 0 Å². The lowest BCUT2D eigenvalue weighted by Crippen LogP contribution is -2.04. The Kier molecular flexibility index (Phi) is 3.31. The van der Waals surface area contributed by atoms with E-state index in [0.29, 0.717) is 6.42 Å².